The Morgan fingerprint density at radius 1 is 1.11 bits per heavy atom. The van der Waals surface area contributed by atoms with Gasteiger partial charge in [-0.1, -0.05) is 56.3 Å². The topological polar surface area (TPSA) is 84.7 Å². The van der Waals surface area contributed by atoms with E-state index in [1.807, 2.05) is 58.0 Å². The number of nitrogens with zero attached hydrogens (tertiary/aromatic N) is 3. The molecule has 2 aromatic carbocycles. The monoisotopic (exact) mass is 503 g/mol. The molecular formula is C30H37N3O4. The van der Waals surface area contributed by atoms with Crippen LogP contribution in [0.4, 0.5) is 0 Å². The molecule has 37 heavy (non-hydrogen) atoms. The first-order valence-electron chi connectivity index (χ1n) is 13.2. The second-order valence-corrected chi connectivity index (χ2v) is 9.95. The first-order chi connectivity index (χ1) is 17.8. The van der Waals surface area contributed by atoms with E-state index in [-0.39, 0.29) is 30.0 Å². The third-order valence-corrected chi connectivity index (χ3v) is 7.19. The van der Waals surface area contributed by atoms with Gasteiger partial charge in [-0.15, -0.1) is 0 Å². The van der Waals surface area contributed by atoms with Crippen LogP contribution >= 0.6 is 0 Å². The molecule has 1 amide bonds. The third kappa shape index (κ3) is 5.32. The number of benzene rings is 2. The van der Waals surface area contributed by atoms with E-state index in [1.165, 1.54) is 15.7 Å². The number of amides is 1. The largest absolute Gasteiger partial charge is 0.493 e. The lowest BCUT2D eigenvalue weighted by atomic mass is 9.94. The van der Waals surface area contributed by atoms with Gasteiger partial charge in [0, 0.05) is 19.0 Å². The van der Waals surface area contributed by atoms with Crippen molar-refractivity contribution in [3.8, 4) is 11.6 Å². The lowest BCUT2D eigenvalue weighted by molar-refractivity contribution is 0.0592. The predicted octanol–water partition coefficient (Wildman–Crippen LogP) is 4.93. The molecule has 3 aromatic rings. The van der Waals surface area contributed by atoms with Crippen LogP contribution in [0.5, 0.6) is 5.88 Å². The Morgan fingerprint density at radius 3 is 2.41 bits per heavy atom. The summed E-state index contributed by atoms with van der Waals surface area (Å²) in [6.45, 7) is 11.0. The minimum atomic E-state index is -0.560. The molecule has 4 rings (SSSR count). The van der Waals surface area contributed by atoms with E-state index >= 15 is 0 Å². The van der Waals surface area contributed by atoms with Crippen molar-refractivity contribution in [1.82, 2.24) is 14.5 Å². The summed E-state index contributed by atoms with van der Waals surface area (Å²) >= 11 is 0. The van der Waals surface area contributed by atoms with Gasteiger partial charge in [0.2, 0.25) is 5.88 Å². The van der Waals surface area contributed by atoms with Crippen LogP contribution in [0.25, 0.3) is 5.69 Å². The molecule has 7 nitrogen and oxygen atoms in total. The number of carbonyl (C=O) groups is 1. The van der Waals surface area contributed by atoms with Crippen LogP contribution < -0.4 is 5.56 Å². The molecule has 1 atom stereocenters. The van der Waals surface area contributed by atoms with E-state index in [1.54, 1.807) is 4.90 Å². The smallest absolute Gasteiger partial charge is 0.275 e. The molecule has 0 bridgehead atoms. The molecule has 1 N–H and O–H groups in total. The van der Waals surface area contributed by atoms with E-state index in [2.05, 4.69) is 24.0 Å². The van der Waals surface area contributed by atoms with Crippen molar-refractivity contribution < 1.29 is 14.6 Å². The Bertz CT molecular complexity index is 1320. The van der Waals surface area contributed by atoms with Crippen LogP contribution in [0.2, 0.25) is 0 Å². The van der Waals surface area contributed by atoms with Crippen LogP contribution in [0.15, 0.2) is 47.3 Å². The van der Waals surface area contributed by atoms with E-state index in [9.17, 15) is 14.7 Å². The van der Waals surface area contributed by atoms with Crippen LogP contribution in [0.3, 0.4) is 0 Å². The van der Waals surface area contributed by atoms with E-state index in [4.69, 9.17) is 4.74 Å². The summed E-state index contributed by atoms with van der Waals surface area (Å²) in [4.78, 5) is 33.8. The number of aromatic hydroxyl groups is 1. The number of likely N-dealkylation sites (tertiary alicyclic amines) is 1. The first-order valence-corrected chi connectivity index (χ1v) is 13.2. The average molecular weight is 504 g/mol. The fourth-order valence-electron chi connectivity index (χ4n) is 5.21. The molecule has 0 aliphatic carbocycles. The van der Waals surface area contributed by atoms with Gasteiger partial charge in [0.25, 0.3) is 11.5 Å². The molecule has 0 saturated carbocycles. The third-order valence-electron chi connectivity index (χ3n) is 7.19. The van der Waals surface area contributed by atoms with Crippen molar-refractivity contribution in [1.29, 1.82) is 0 Å². The Kier molecular flexibility index (Phi) is 8.13. The Labute approximate surface area is 218 Å². The van der Waals surface area contributed by atoms with Gasteiger partial charge in [-0.2, -0.15) is 4.98 Å². The summed E-state index contributed by atoms with van der Waals surface area (Å²) in [7, 11) is 0. The number of ether oxygens (including phenoxy) is 1. The van der Waals surface area contributed by atoms with E-state index in [0.29, 0.717) is 25.9 Å². The van der Waals surface area contributed by atoms with Gasteiger partial charge >= 0.3 is 0 Å². The average Bonchev–Trinajstić information content (AvgIpc) is 3.37. The van der Waals surface area contributed by atoms with Gasteiger partial charge in [0.1, 0.15) is 12.4 Å². The summed E-state index contributed by atoms with van der Waals surface area (Å²) in [5.74, 6) is -0.556. The Hall–Kier alpha value is -3.45. The number of carbonyl (C=O) groups excluding carboxylic acids is 1. The van der Waals surface area contributed by atoms with Gasteiger partial charge in [-0.05, 0) is 62.3 Å². The van der Waals surface area contributed by atoms with E-state index in [0.717, 1.165) is 23.2 Å². The Balaban J connectivity index is 1.80. The van der Waals surface area contributed by atoms with Crippen LogP contribution in [0, 0.1) is 6.92 Å². The second-order valence-electron chi connectivity index (χ2n) is 9.95. The zero-order valence-electron chi connectivity index (χ0n) is 22.5. The summed E-state index contributed by atoms with van der Waals surface area (Å²) in [6.07, 6.45) is 2.12. The lowest BCUT2D eigenvalue weighted by Crippen LogP contribution is -2.37. The van der Waals surface area contributed by atoms with Crippen molar-refractivity contribution in [2.75, 3.05) is 13.1 Å². The number of rotatable bonds is 8. The molecule has 1 fully saturated rings. The van der Waals surface area contributed by atoms with Crippen molar-refractivity contribution in [3.63, 3.8) is 0 Å². The fourth-order valence-corrected chi connectivity index (χ4v) is 5.21. The van der Waals surface area contributed by atoms with Gasteiger partial charge < -0.3 is 14.7 Å². The van der Waals surface area contributed by atoms with Gasteiger partial charge in [-0.3, -0.25) is 14.2 Å². The highest BCUT2D eigenvalue weighted by Crippen LogP contribution is 2.31. The van der Waals surface area contributed by atoms with E-state index < -0.39 is 17.3 Å². The molecular weight excluding hydrogens is 466 g/mol. The molecule has 1 unspecified atom stereocenters. The zero-order chi connectivity index (χ0) is 26.7. The standard InChI is InChI=1S/C30H37N3O4/c1-6-21-12-10-13-22(7-2)27(21)33-25(18-37-19(3)4)31-28(34)26(30(33)36)29(35)32-16-15-23(17-32)24-14-9-8-11-20(24)5/h8-14,19,23,34H,6-7,15-18H2,1-5H3. The van der Waals surface area contributed by atoms with Gasteiger partial charge in [0.05, 0.1) is 11.8 Å². The number of hydrogen-bond donors (Lipinski definition) is 1. The molecule has 1 saturated heterocycles. The fraction of sp³-hybridized carbons (Fsp3) is 0.433. The SMILES string of the molecule is CCc1cccc(CC)c1-n1c(COC(C)C)nc(O)c(C(=O)N2CCC(c3ccccc3C)C2)c1=O. The quantitative estimate of drug-likeness (QED) is 0.471. The lowest BCUT2D eigenvalue weighted by Gasteiger charge is -2.22. The number of para-hydroxylation sites is 1. The van der Waals surface area contributed by atoms with Crippen LogP contribution in [0.1, 0.15) is 78.5 Å². The van der Waals surface area contributed by atoms with Crippen molar-refractivity contribution in [3.05, 3.63) is 86.5 Å². The highest BCUT2D eigenvalue weighted by Gasteiger charge is 2.33. The summed E-state index contributed by atoms with van der Waals surface area (Å²) in [6, 6.07) is 14.1. The second kappa shape index (κ2) is 11.3. The maximum atomic E-state index is 14.1. The van der Waals surface area contributed by atoms with Crippen molar-refractivity contribution in [2.45, 2.75) is 72.5 Å². The molecule has 0 radical (unpaired) electrons. The molecule has 7 heteroatoms. The van der Waals surface area contributed by atoms with Crippen molar-refractivity contribution >= 4 is 5.91 Å². The highest BCUT2D eigenvalue weighted by molar-refractivity contribution is 5.96. The predicted molar refractivity (Wildman–Crippen MR) is 145 cm³/mol. The number of aromatic nitrogens is 2. The molecule has 1 aliphatic heterocycles. The minimum absolute atomic E-state index is 0.0369. The van der Waals surface area contributed by atoms with Gasteiger partial charge in [0.15, 0.2) is 5.56 Å². The zero-order valence-corrected chi connectivity index (χ0v) is 22.5. The summed E-state index contributed by atoms with van der Waals surface area (Å²) in [5, 5.41) is 10.9. The first kappa shape index (κ1) is 26.6. The number of hydrogen-bond acceptors (Lipinski definition) is 5. The molecule has 196 valence electrons. The van der Waals surface area contributed by atoms with Gasteiger partial charge in [-0.25, -0.2) is 0 Å². The maximum Gasteiger partial charge on any atom is 0.275 e. The maximum absolute atomic E-state index is 14.1. The normalized spacial score (nSPS) is 15.5. The molecule has 1 aliphatic rings. The molecule has 0 spiro atoms. The number of aryl methyl sites for hydroxylation is 3. The molecule has 1 aromatic heterocycles. The highest BCUT2D eigenvalue weighted by atomic mass is 16.5. The minimum Gasteiger partial charge on any atom is -0.493 e. The van der Waals surface area contributed by atoms with Crippen LogP contribution in [-0.4, -0.2) is 44.7 Å². The summed E-state index contributed by atoms with van der Waals surface area (Å²) in [5.41, 5.74) is 4.22. The Morgan fingerprint density at radius 2 is 1.78 bits per heavy atom. The molecule has 2 heterocycles. The van der Waals surface area contributed by atoms with Crippen LogP contribution in [-0.2, 0) is 24.2 Å². The summed E-state index contributed by atoms with van der Waals surface area (Å²) < 4.78 is 7.28. The van der Waals surface area contributed by atoms with Crippen molar-refractivity contribution in [2.24, 2.45) is 0 Å².